The van der Waals surface area contributed by atoms with E-state index >= 15 is 0 Å². The van der Waals surface area contributed by atoms with Crippen molar-refractivity contribution in [2.45, 2.75) is 26.3 Å². The first-order valence-corrected chi connectivity index (χ1v) is 7.13. The molecule has 7 heteroatoms. The third kappa shape index (κ3) is 5.00. The Balaban J connectivity index is 2.33. The minimum Gasteiger partial charge on any atom is -0.480 e. The Morgan fingerprint density at radius 1 is 1.35 bits per heavy atom. The molecular weight excluding hydrogens is 280 g/mol. The molecule has 6 nitrogen and oxygen atoms in total. The van der Waals surface area contributed by atoms with Gasteiger partial charge in [0.1, 0.15) is 6.04 Å². The fraction of sp³-hybridized carbons (Fsp3) is 0.462. The molecule has 1 aromatic heterocycles. The van der Waals surface area contributed by atoms with Gasteiger partial charge in [-0.3, -0.25) is 9.59 Å². The summed E-state index contributed by atoms with van der Waals surface area (Å²) >= 11 is 1.32. The molecule has 0 bridgehead atoms. The van der Waals surface area contributed by atoms with Gasteiger partial charge in [0.15, 0.2) is 0 Å². The van der Waals surface area contributed by atoms with E-state index < -0.39 is 17.9 Å². The zero-order valence-corrected chi connectivity index (χ0v) is 12.2. The van der Waals surface area contributed by atoms with Crippen LogP contribution in [0.1, 0.15) is 29.9 Å². The molecule has 0 fully saturated rings. The number of hydrogen-bond donors (Lipinski definition) is 3. The van der Waals surface area contributed by atoms with E-state index in [0.717, 1.165) is 0 Å². The van der Waals surface area contributed by atoms with Gasteiger partial charge in [-0.05, 0) is 17.4 Å². The summed E-state index contributed by atoms with van der Waals surface area (Å²) in [5, 5.41) is 15.8. The van der Waals surface area contributed by atoms with Crippen molar-refractivity contribution < 1.29 is 19.5 Å². The van der Waals surface area contributed by atoms with Crippen LogP contribution in [0.4, 0.5) is 0 Å². The van der Waals surface area contributed by atoms with Crippen molar-refractivity contribution in [2.24, 2.45) is 5.92 Å². The SMILES string of the molecule is CC(C)[C@@H](NC(=O)CCNC(=O)c1cccs1)C(=O)O. The van der Waals surface area contributed by atoms with E-state index in [2.05, 4.69) is 10.6 Å². The number of carboxylic acids is 1. The number of amides is 2. The topological polar surface area (TPSA) is 95.5 Å². The quantitative estimate of drug-likeness (QED) is 0.702. The van der Waals surface area contributed by atoms with Crippen molar-refractivity contribution in [1.82, 2.24) is 10.6 Å². The van der Waals surface area contributed by atoms with Crippen molar-refractivity contribution in [2.75, 3.05) is 6.54 Å². The van der Waals surface area contributed by atoms with Crippen LogP contribution < -0.4 is 10.6 Å². The van der Waals surface area contributed by atoms with Crippen LogP contribution in [0.25, 0.3) is 0 Å². The van der Waals surface area contributed by atoms with Crippen LogP contribution >= 0.6 is 11.3 Å². The second-order valence-corrected chi connectivity index (χ2v) is 5.56. The molecule has 20 heavy (non-hydrogen) atoms. The molecule has 1 rings (SSSR count). The minimum atomic E-state index is -1.06. The van der Waals surface area contributed by atoms with Gasteiger partial charge in [-0.25, -0.2) is 4.79 Å². The number of nitrogens with one attached hydrogen (secondary N) is 2. The molecule has 110 valence electrons. The predicted octanol–water partition coefficient (Wildman–Crippen LogP) is 1.09. The zero-order chi connectivity index (χ0) is 15.1. The van der Waals surface area contributed by atoms with E-state index in [1.165, 1.54) is 11.3 Å². The van der Waals surface area contributed by atoms with Crippen molar-refractivity contribution in [3.63, 3.8) is 0 Å². The predicted molar refractivity (Wildman–Crippen MR) is 75.7 cm³/mol. The lowest BCUT2D eigenvalue weighted by molar-refractivity contribution is -0.143. The molecule has 0 aliphatic rings. The Morgan fingerprint density at radius 3 is 2.55 bits per heavy atom. The van der Waals surface area contributed by atoms with Crippen LogP contribution in [-0.4, -0.2) is 35.5 Å². The minimum absolute atomic E-state index is 0.0492. The molecule has 1 atom stereocenters. The van der Waals surface area contributed by atoms with E-state index in [9.17, 15) is 14.4 Å². The molecule has 1 heterocycles. The highest BCUT2D eigenvalue weighted by Gasteiger charge is 2.23. The molecule has 0 radical (unpaired) electrons. The third-order valence-electron chi connectivity index (χ3n) is 2.63. The van der Waals surface area contributed by atoms with Crippen molar-refractivity contribution in [1.29, 1.82) is 0 Å². The number of carbonyl (C=O) groups excluding carboxylic acids is 2. The van der Waals surface area contributed by atoms with Gasteiger partial charge in [0.2, 0.25) is 5.91 Å². The smallest absolute Gasteiger partial charge is 0.326 e. The Hall–Kier alpha value is -1.89. The van der Waals surface area contributed by atoms with Crippen LogP contribution in [-0.2, 0) is 9.59 Å². The Labute approximate surface area is 121 Å². The largest absolute Gasteiger partial charge is 0.480 e. The molecule has 0 spiro atoms. The number of aliphatic carboxylic acids is 1. The molecular formula is C13H18N2O4S. The summed E-state index contributed by atoms with van der Waals surface area (Å²) in [6, 6.07) is 2.56. The van der Waals surface area contributed by atoms with Crippen molar-refractivity contribution in [3.8, 4) is 0 Å². The molecule has 0 aromatic carbocycles. The maximum atomic E-state index is 11.6. The molecule has 2 amide bonds. The standard InChI is InChI=1S/C13H18N2O4S/c1-8(2)11(13(18)19)15-10(16)5-6-14-12(17)9-4-3-7-20-9/h3-4,7-8,11H,5-6H2,1-2H3,(H,14,17)(H,15,16)(H,18,19)/t11-/m1/s1. The summed E-state index contributed by atoms with van der Waals surface area (Å²) in [4.78, 5) is 34.7. The number of thiophene rings is 1. The maximum absolute atomic E-state index is 11.6. The lowest BCUT2D eigenvalue weighted by Gasteiger charge is -2.17. The molecule has 0 unspecified atom stereocenters. The van der Waals surface area contributed by atoms with Gasteiger partial charge < -0.3 is 15.7 Å². The number of hydrogen-bond acceptors (Lipinski definition) is 4. The van der Waals surface area contributed by atoms with Gasteiger partial charge in [-0.2, -0.15) is 0 Å². The number of carboxylic acid groups (broad SMARTS) is 1. The van der Waals surface area contributed by atoms with E-state index in [1.54, 1.807) is 31.4 Å². The Kier molecular flexibility index (Phi) is 6.17. The Bertz CT molecular complexity index is 471. The number of rotatable bonds is 7. The summed E-state index contributed by atoms with van der Waals surface area (Å²) in [5.41, 5.74) is 0. The molecule has 0 aliphatic heterocycles. The second kappa shape index (κ2) is 7.64. The maximum Gasteiger partial charge on any atom is 0.326 e. The monoisotopic (exact) mass is 298 g/mol. The average molecular weight is 298 g/mol. The highest BCUT2D eigenvalue weighted by molar-refractivity contribution is 7.12. The van der Waals surface area contributed by atoms with Crippen LogP contribution in [0.5, 0.6) is 0 Å². The van der Waals surface area contributed by atoms with Crippen LogP contribution in [0.3, 0.4) is 0 Å². The van der Waals surface area contributed by atoms with Gasteiger partial charge in [0.05, 0.1) is 4.88 Å². The summed E-state index contributed by atoms with van der Waals surface area (Å²) in [6.45, 7) is 3.61. The highest BCUT2D eigenvalue weighted by Crippen LogP contribution is 2.07. The number of carbonyl (C=O) groups is 3. The summed E-state index contributed by atoms with van der Waals surface area (Å²) in [7, 11) is 0. The second-order valence-electron chi connectivity index (χ2n) is 4.61. The fourth-order valence-corrected chi connectivity index (χ4v) is 2.18. The molecule has 3 N–H and O–H groups in total. The highest BCUT2D eigenvalue weighted by atomic mass is 32.1. The van der Waals surface area contributed by atoms with Crippen molar-refractivity contribution in [3.05, 3.63) is 22.4 Å². The van der Waals surface area contributed by atoms with Gasteiger partial charge in [-0.15, -0.1) is 11.3 Å². The first-order chi connectivity index (χ1) is 9.41. The Morgan fingerprint density at radius 2 is 2.05 bits per heavy atom. The molecule has 0 saturated heterocycles. The average Bonchev–Trinajstić information content (AvgIpc) is 2.88. The summed E-state index contributed by atoms with van der Waals surface area (Å²) in [6.07, 6.45) is 0.0492. The van der Waals surface area contributed by atoms with E-state index in [-0.39, 0.29) is 24.8 Å². The lowest BCUT2D eigenvalue weighted by atomic mass is 10.0. The normalized spacial score (nSPS) is 11.9. The van der Waals surface area contributed by atoms with Gasteiger partial charge in [-0.1, -0.05) is 19.9 Å². The van der Waals surface area contributed by atoms with Crippen LogP contribution in [0.2, 0.25) is 0 Å². The first kappa shape index (κ1) is 16.2. The first-order valence-electron chi connectivity index (χ1n) is 6.25. The van der Waals surface area contributed by atoms with E-state index in [1.807, 2.05) is 0 Å². The van der Waals surface area contributed by atoms with E-state index in [0.29, 0.717) is 4.88 Å². The molecule has 1 aromatic rings. The molecule has 0 saturated carbocycles. The third-order valence-corrected chi connectivity index (χ3v) is 3.50. The molecule has 0 aliphatic carbocycles. The van der Waals surface area contributed by atoms with Crippen LogP contribution in [0.15, 0.2) is 17.5 Å². The lowest BCUT2D eigenvalue weighted by Crippen LogP contribution is -2.45. The van der Waals surface area contributed by atoms with Gasteiger partial charge >= 0.3 is 5.97 Å². The zero-order valence-electron chi connectivity index (χ0n) is 11.4. The van der Waals surface area contributed by atoms with Gasteiger partial charge in [0.25, 0.3) is 5.91 Å². The van der Waals surface area contributed by atoms with Gasteiger partial charge in [0, 0.05) is 13.0 Å². The summed E-state index contributed by atoms with van der Waals surface area (Å²) < 4.78 is 0. The van der Waals surface area contributed by atoms with E-state index in [4.69, 9.17) is 5.11 Å². The summed E-state index contributed by atoms with van der Waals surface area (Å²) in [5.74, 6) is -1.88. The van der Waals surface area contributed by atoms with Crippen LogP contribution in [0, 0.1) is 5.92 Å². The van der Waals surface area contributed by atoms with Crippen molar-refractivity contribution >= 4 is 29.1 Å². The fourth-order valence-electron chi connectivity index (χ4n) is 1.54.